The molecule has 0 atom stereocenters. The summed E-state index contributed by atoms with van der Waals surface area (Å²) in [5.41, 5.74) is 10.7. The number of anilines is 2. The predicted octanol–water partition coefficient (Wildman–Crippen LogP) is 3.31. The van der Waals surface area contributed by atoms with Crippen LogP contribution in [0.2, 0.25) is 0 Å². The van der Waals surface area contributed by atoms with Gasteiger partial charge in [0.15, 0.2) is 0 Å². The lowest BCUT2D eigenvalue weighted by Crippen LogP contribution is -2.32. The Labute approximate surface area is 153 Å². The van der Waals surface area contributed by atoms with Crippen molar-refractivity contribution in [1.82, 2.24) is 4.90 Å². The second kappa shape index (κ2) is 8.41. The highest BCUT2D eigenvalue weighted by molar-refractivity contribution is 7.99. The molecule has 1 aliphatic heterocycles. The maximum Gasteiger partial charge on any atom is 0.228 e. The van der Waals surface area contributed by atoms with E-state index in [0.717, 1.165) is 36.4 Å². The number of amides is 1. The van der Waals surface area contributed by atoms with Crippen LogP contribution in [0.25, 0.3) is 0 Å². The molecule has 1 amide bonds. The molecule has 5 heteroatoms. The van der Waals surface area contributed by atoms with Gasteiger partial charge in [0.2, 0.25) is 5.91 Å². The Morgan fingerprint density at radius 1 is 1.16 bits per heavy atom. The Bertz CT molecular complexity index is 724. The van der Waals surface area contributed by atoms with Gasteiger partial charge in [-0.15, -0.1) is 0 Å². The normalized spacial score (nSPS) is 15.1. The van der Waals surface area contributed by atoms with E-state index in [2.05, 4.69) is 23.2 Å². The Morgan fingerprint density at radius 2 is 1.88 bits per heavy atom. The van der Waals surface area contributed by atoms with E-state index >= 15 is 0 Å². The highest BCUT2D eigenvalue weighted by Crippen LogP contribution is 2.22. The van der Waals surface area contributed by atoms with Gasteiger partial charge in [0, 0.05) is 42.5 Å². The summed E-state index contributed by atoms with van der Waals surface area (Å²) in [6, 6.07) is 13.6. The van der Waals surface area contributed by atoms with Gasteiger partial charge >= 0.3 is 0 Å². The highest BCUT2D eigenvalue weighted by atomic mass is 32.2. The third-order valence-electron chi connectivity index (χ3n) is 4.56. The highest BCUT2D eigenvalue weighted by Gasteiger charge is 2.14. The van der Waals surface area contributed by atoms with Crippen molar-refractivity contribution in [2.24, 2.45) is 0 Å². The van der Waals surface area contributed by atoms with Crippen molar-refractivity contribution in [3.63, 3.8) is 0 Å². The van der Waals surface area contributed by atoms with Gasteiger partial charge in [0.05, 0.1) is 6.42 Å². The minimum absolute atomic E-state index is 0.000561. The molecule has 1 heterocycles. The van der Waals surface area contributed by atoms with Crippen molar-refractivity contribution in [2.75, 3.05) is 35.6 Å². The van der Waals surface area contributed by atoms with Crippen LogP contribution in [0.4, 0.5) is 11.4 Å². The monoisotopic (exact) mass is 355 g/mol. The van der Waals surface area contributed by atoms with Gasteiger partial charge in [-0.25, -0.2) is 0 Å². The average Bonchev–Trinajstić information content (AvgIpc) is 2.61. The smallest absolute Gasteiger partial charge is 0.228 e. The molecule has 0 spiro atoms. The van der Waals surface area contributed by atoms with E-state index in [1.807, 2.05) is 48.2 Å². The number of thioether (sulfide) groups is 1. The van der Waals surface area contributed by atoms with Crippen molar-refractivity contribution in [1.29, 1.82) is 0 Å². The van der Waals surface area contributed by atoms with Crippen molar-refractivity contribution < 1.29 is 4.79 Å². The summed E-state index contributed by atoms with van der Waals surface area (Å²) in [7, 11) is 0. The van der Waals surface area contributed by atoms with Gasteiger partial charge in [0.1, 0.15) is 0 Å². The number of hydrogen-bond donors (Lipinski definition) is 2. The summed E-state index contributed by atoms with van der Waals surface area (Å²) >= 11 is 2.02. The minimum atomic E-state index is -0.000561. The van der Waals surface area contributed by atoms with Gasteiger partial charge in [-0.1, -0.05) is 24.3 Å². The Morgan fingerprint density at radius 3 is 2.60 bits per heavy atom. The van der Waals surface area contributed by atoms with E-state index in [4.69, 9.17) is 5.73 Å². The largest absolute Gasteiger partial charge is 0.399 e. The number of nitrogens with two attached hydrogens (primary N) is 1. The zero-order valence-electron chi connectivity index (χ0n) is 14.6. The molecule has 0 radical (unpaired) electrons. The summed E-state index contributed by atoms with van der Waals surface area (Å²) in [4.78, 5) is 14.8. The number of carbonyl (C=O) groups is 1. The van der Waals surface area contributed by atoms with Crippen LogP contribution < -0.4 is 11.1 Å². The molecule has 1 fully saturated rings. The molecule has 0 unspecified atom stereocenters. The van der Waals surface area contributed by atoms with Crippen molar-refractivity contribution in [2.45, 2.75) is 19.9 Å². The maximum atomic E-state index is 12.4. The van der Waals surface area contributed by atoms with Crippen LogP contribution in [0, 0.1) is 6.92 Å². The van der Waals surface area contributed by atoms with Crippen LogP contribution in [-0.4, -0.2) is 35.4 Å². The maximum absolute atomic E-state index is 12.4. The van der Waals surface area contributed by atoms with Crippen LogP contribution in [-0.2, 0) is 17.8 Å². The van der Waals surface area contributed by atoms with Crippen LogP contribution in [0.1, 0.15) is 16.7 Å². The first-order valence-electron chi connectivity index (χ1n) is 8.64. The lowest BCUT2D eigenvalue weighted by atomic mass is 10.1. The summed E-state index contributed by atoms with van der Waals surface area (Å²) in [6.45, 7) is 5.32. The molecule has 0 bridgehead atoms. The first-order valence-corrected chi connectivity index (χ1v) is 9.80. The molecule has 0 aliphatic carbocycles. The number of nitrogens with one attached hydrogen (secondary N) is 1. The van der Waals surface area contributed by atoms with Crippen LogP contribution in [0.3, 0.4) is 0 Å². The fraction of sp³-hybridized carbons (Fsp3) is 0.350. The topological polar surface area (TPSA) is 58.4 Å². The van der Waals surface area contributed by atoms with E-state index in [0.29, 0.717) is 12.1 Å². The van der Waals surface area contributed by atoms with Gasteiger partial charge < -0.3 is 11.1 Å². The zero-order chi connectivity index (χ0) is 17.6. The van der Waals surface area contributed by atoms with Crippen LogP contribution in [0.5, 0.6) is 0 Å². The number of nitrogens with zero attached hydrogens (tertiary/aromatic N) is 1. The van der Waals surface area contributed by atoms with Crippen molar-refractivity contribution >= 4 is 29.0 Å². The van der Waals surface area contributed by atoms with E-state index in [1.165, 1.54) is 17.1 Å². The number of carbonyl (C=O) groups excluding carboxylic acids is 1. The molecule has 2 aromatic rings. The van der Waals surface area contributed by atoms with Gasteiger partial charge in [-0.3, -0.25) is 9.69 Å². The molecule has 2 aromatic carbocycles. The fourth-order valence-corrected chi connectivity index (χ4v) is 3.98. The molecule has 0 aromatic heterocycles. The van der Waals surface area contributed by atoms with Crippen LogP contribution >= 0.6 is 11.8 Å². The summed E-state index contributed by atoms with van der Waals surface area (Å²) in [5, 5.41) is 3.06. The fourth-order valence-electron chi connectivity index (χ4n) is 3.01. The Balaban J connectivity index is 1.64. The lowest BCUT2D eigenvalue weighted by Gasteiger charge is -2.27. The standard InChI is InChI=1S/C20H25N3OS/c1-15-17(14-23-9-11-25-12-10-23)3-2-4-19(15)22-20(24)13-16-5-7-18(21)8-6-16/h2-8H,9-14,21H2,1H3,(H,22,24). The molecule has 3 rings (SSSR count). The zero-order valence-corrected chi connectivity index (χ0v) is 15.4. The molecule has 4 nitrogen and oxygen atoms in total. The molecule has 132 valence electrons. The SMILES string of the molecule is Cc1c(CN2CCSCC2)cccc1NC(=O)Cc1ccc(N)cc1. The first-order chi connectivity index (χ1) is 12.1. The summed E-state index contributed by atoms with van der Waals surface area (Å²) in [6.07, 6.45) is 0.354. The number of benzene rings is 2. The average molecular weight is 356 g/mol. The molecule has 1 aliphatic rings. The van der Waals surface area contributed by atoms with Crippen LogP contribution in [0.15, 0.2) is 42.5 Å². The van der Waals surface area contributed by atoms with Gasteiger partial charge in [-0.05, 0) is 41.8 Å². The lowest BCUT2D eigenvalue weighted by molar-refractivity contribution is -0.115. The minimum Gasteiger partial charge on any atom is -0.399 e. The number of rotatable bonds is 5. The second-order valence-corrected chi connectivity index (χ2v) is 7.67. The number of nitrogen functional groups attached to an aromatic ring is 1. The third-order valence-corrected chi connectivity index (χ3v) is 5.50. The van der Waals surface area contributed by atoms with Crippen molar-refractivity contribution in [3.8, 4) is 0 Å². The number of hydrogen-bond acceptors (Lipinski definition) is 4. The molecular weight excluding hydrogens is 330 g/mol. The summed E-state index contributed by atoms with van der Waals surface area (Å²) < 4.78 is 0. The first kappa shape index (κ1) is 17.8. The Kier molecular flexibility index (Phi) is 6.00. The van der Waals surface area contributed by atoms with Gasteiger partial charge in [0.25, 0.3) is 0 Å². The van der Waals surface area contributed by atoms with E-state index in [-0.39, 0.29) is 5.91 Å². The molecule has 3 N–H and O–H groups in total. The van der Waals surface area contributed by atoms with Gasteiger partial charge in [-0.2, -0.15) is 11.8 Å². The quantitative estimate of drug-likeness (QED) is 0.808. The molecule has 25 heavy (non-hydrogen) atoms. The molecular formula is C20H25N3OS. The summed E-state index contributed by atoms with van der Waals surface area (Å²) in [5.74, 6) is 2.41. The molecule has 1 saturated heterocycles. The van der Waals surface area contributed by atoms with Crippen molar-refractivity contribution in [3.05, 3.63) is 59.2 Å². The van der Waals surface area contributed by atoms with E-state index < -0.39 is 0 Å². The molecule has 0 saturated carbocycles. The van der Waals surface area contributed by atoms with E-state index in [9.17, 15) is 4.79 Å². The second-order valence-electron chi connectivity index (χ2n) is 6.44. The van der Waals surface area contributed by atoms with E-state index in [1.54, 1.807) is 0 Å². The predicted molar refractivity (Wildman–Crippen MR) is 107 cm³/mol. The third kappa shape index (κ3) is 5.00. The Hall–Kier alpha value is -1.98.